The summed E-state index contributed by atoms with van der Waals surface area (Å²) in [7, 11) is 1.84. The zero-order chi connectivity index (χ0) is 22.5. The molecule has 2 heterocycles. The molecule has 0 spiro atoms. The highest BCUT2D eigenvalue weighted by atomic mass is 16.4. The molecule has 0 saturated carbocycles. The summed E-state index contributed by atoms with van der Waals surface area (Å²) in [6, 6.07) is 15.2. The largest absolute Gasteiger partial charge is 0.444 e. The van der Waals surface area contributed by atoms with Crippen molar-refractivity contribution in [1.29, 1.82) is 0 Å². The van der Waals surface area contributed by atoms with E-state index in [0.717, 1.165) is 49.5 Å². The lowest BCUT2D eigenvalue weighted by Gasteiger charge is -2.31. The van der Waals surface area contributed by atoms with Crippen LogP contribution in [0.2, 0.25) is 0 Å². The Morgan fingerprint density at radius 2 is 1.91 bits per heavy atom. The quantitative estimate of drug-likeness (QED) is 0.440. The lowest BCUT2D eigenvalue weighted by Crippen LogP contribution is -2.43. The Bertz CT molecular complexity index is 1040. The number of aliphatic imine (C=N–C) groups is 1. The third-order valence-corrected chi connectivity index (χ3v) is 6.56. The maximum atomic E-state index is 5.75. The fourth-order valence-corrected chi connectivity index (χ4v) is 4.49. The first-order valence-corrected chi connectivity index (χ1v) is 11.6. The van der Waals surface area contributed by atoms with Crippen molar-refractivity contribution in [3.63, 3.8) is 0 Å². The van der Waals surface area contributed by atoms with E-state index >= 15 is 0 Å². The van der Waals surface area contributed by atoms with Crippen LogP contribution in [0.1, 0.15) is 48.7 Å². The highest BCUT2D eigenvalue weighted by Gasteiger charge is 2.21. The molecule has 1 aliphatic rings. The van der Waals surface area contributed by atoms with Gasteiger partial charge in [-0.15, -0.1) is 0 Å². The van der Waals surface area contributed by atoms with Crippen molar-refractivity contribution in [3.05, 3.63) is 65.4 Å². The third-order valence-electron chi connectivity index (χ3n) is 6.56. The molecule has 4 rings (SSSR count). The average molecular weight is 434 g/mol. The number of hydrogen-bond acceptors (Lipinski definition) is 4. The molecule has 1 atom stereocenters. The number of guanidine groups is 1. The number of nitrogens with one attached hydrogen (secondary N) is 2. The van der Waals surface area contributed by atoms with E-state index in [1.54, 1.807) is 0 Å². The molecular formula is C26H35N5O. The van der Waals surface area contributed by atoms with E-state index in [1.165, 1.54) is 29.2 Å². The number of aryl methyl sites for hydroxylation is 2. The summed E-state index contributed by atoms with van der Waals surface area (Å²) >= 11 is 0. The van der Waals surface area contributed by atoms with Crippen molar-refractivity contribution in [2.75, 3.05) is 26.7 Å². The molecule has 0 amide bonds. The van der Waals surface area contributed by atoms with Crippen LogP contribution in [0.4, 0.5) is 0 Å². The summed E-state index contributed by atoms with van der Waals surface area (Å²) in [5.41, 5.74) is 2.28. The van der Waals surface area contributed by atoms with Crippen molar-refractivity contribution >= 4 is 16.7 Å². The molecule has 0 aliphatic carbocycles. The van der Waals surface area contributed by atoms with Gasteiger partial charge < -0.3 is 15.1 Å². The van der Waals surface area contributed by atoms with Crippen LogP contribution in [-0.2, 0) is 6.54 Å². The number of rotatable bonds is 6. The van der Waals surface area contributed by atoms with Gasteiger partial charge in [0.15, 0.2) is 5.96 Å². The van der Waals surface area contributed by atoms with Crippen LogP contribution in [0.25, 0.3) is 10.8 Å². The number of hydrogen-bond donors (Lipinski definition) is 2. The molecule has 1 aliphatic heterocycles. The van der Waals surface area contributed by atoms with E-state index in [2.05, 4.69) is 74.9 Å². The van der Waals surface area contributed by atoms with Gasteiger partial charge in [0.05, 0.1) is 18.3 Å². The minimum absolute atomic E-state index is 0.168. The van der Waals surface area contributed by atoms with Gasteiger partial charge in [-0.1, -0.05) is 42.5 Å². The fourth-order valence-electron chi connectivity index (χ4n) is 4.49. The molecular weight excluding hydrogens is 398 g/mol. The van der Waals surface area contributed by atoms with Crippen molar-refractivity contribution < 1.29 is 4.42 Å². The average Bonchev–Trinajstić information content (AvgIpc) is 3.13. The van der Waals surface area contributed by atoms with E-state index in [9.17, 15) is 0 Å². The number of benzene rings is 2. The molecule has 6 nitrogen and oxygen atoms in total. The van der Waals surface area contributed by atoms with Gasteiger partial charge in [-0.25, -0.2) is 4.98 Å². The van der Waals surface area contributed by atoms with E-state index < -0.39 is 0 Å². The summed E-state index contributed by atoms with van der Waals surface area (Å²) in [6.07, 6.45) is 2.34. The smallest absolute Gasteiger partial charge is 0.208 e. The van der Waals surface area contributed by atoms with Crippen molar-refractivity contribution in [2.45, 2.75) is 46.2 Å². The molecule has 1 aromatic heterocycles. The Labute approximate surface area is 191 Å². The Hall–Kier alpha value is -2.86. The van der Waals surface area contributed by atoms with Crippen molar-refractivity contribution in [2.24, 2.45) is 10.9 Å². The van der Waals surface area contributed by atoms with Crippen LogP contribution in [0.15, 0.2) is 51.9 Å². The van der Waals surface area contributed by atoms with E-state index in [1.807, 2.05) is 20.9 Å². The second-order valence-corrected chi connectivity index (χ2v) is 8.86. The van der Waals surface area contributed by atoms with Gasteiger partial charge in [-0.3, -0.25) is 9.89 Å². The summed E-state index contributed by atoms with van der Waals surface area (Å²) in [5.74, 6) is 3.27. The SMILES string of the molecule is CN=C(NCC1CCN(Cc2nc(C)c(C)o2)CC1)NC(C)c1cccc2ccccc12. The topological polar surface area (TPSA) is 65.7 Å². The molecule has 1 unspecified atom stereocenters. The number of piperidine rings is 1. The Balaban J connectivity index is 1.26. The van der Waals surface area contributed by atoms with Gasteiger partial charge in [-0.2, -0.15) is 0 Å². The fraction of sp³-hybridized carbons (Fsp3) is 0.462. The van der Waals surface area contributed by atoms with Crippen LogP contribution < -0.4 is 10.6 Å². The minimum Gasteiger partial charge on any atom is -0.444 e. The molecule has 3 aromatic rings. The van der Waals surface area contributed by atoms with E-state index in [4.69, 9.17) is 4.42 Å². The zero-order valence-electron chi connectivity index (χ0n) is 19.7. The summed E-state index contributed by atoms with van der Waals surface area (Å²) < 4.78 is 5.75. The molecule has 170 valence electrons. The Kier molecular flexibility index (Phi) is 7.10. The number of likely N-dealkylation sites (tertiary alicyclic amines) is 1. The van der Waals surface area contributed by atoms with Crippen LogP contribution in [-0.4, -0.2) is 42.5 Å². The first kappa shape index (κ1) is 22.3. The van der Waals surface area contributed by atoms with E-state index in [0.29, 0.717) is 5.92 Å². The van der Waals surface area contributed by atoms with Gasteiger partial charge in [0.2, 0.25) is 5.89 Å². The summed E-state index contributed by atoms with van der Waals surface area (Å²) in [5, 5.41) is 9.68. The van der Waals surface area contributed by atoms with Gasteiger partial charge >= 0.3 is 0 Å². The van der Waals surface area contributed by atoms with Crippen molar-refractivity contribution in [1.82, 2.24) is 20.5 Å². The van der Waals surface area contributed by atoms with Gasteiger partial charge in [0.25, 0.3) is 0 Å². The highest BCUT2D eigenvalue weighted by molar-refractivity contribution is 5.87. The first-order valence-electron chi connectivity index (χ1n) is 11.6. The van der Waals surface area contributed by atoms with E-state index in [-0.39, 0.29) is 6.04 Å². The van der Waals surface area contributed by atoms with Gasteiger partial charge in [0, 0.05) is 13.6 Å². The number of oxazole rings is 1. The molecule has 32 heavy (non-hydrogen) atoms. The van der Waals surface area contributed by atoms with Crippen LogP contribution in [0, 0.1) is 19.8 Å². The molecule has 6 heteroatoms. The van der Waals surface area contributed by atoms with Gasteiger partial charge in [0.1, 0.15) is 5.76 Å². The second-order valence-electron chi connectivity index (χ2n) is 8.86. The standard InChI is InChI=1S/C26H35N5O/c1-18-20(3)32-25(29-18)17-31-14-12-21(13-15-31)16-28-26(27-4)30-19(2)23-11-7-9-22-8-5-6-10-24(22)23/h5-11,19,21H,12-17H2,1-4H3,(H2,27,28,30). The van der Waals surface area contributed by atoms with Crippen LogP contribution >= 0.6 is 0 Å². The third kappa shape index (κ3) is 5.30. The van der Waals surface area contributed by atoms with Crippen LogP contribution in [0.3, 0.4) is 0 Å². The number of fused-ring (bicyclic) bond motifs is 1. The monoisotopic (exact) mass is 433 g/mol. The molecule has 2 aromatic carbocycles. The predicted octanol–water partition coefficient (Wildman–Crippen LogP) is 4.58. The minimum atomic E-state index is 0.168. The lowest BCUT2D eigenvalue weighted by molar-refractivity contribution is 0.164. The highest BCUT2D eigenvalue weighted by Crippen LogP contribution is 2.24. The molecule has 1 saturated heterocycles. The van der Waals surface area contributed by atoms with Crippen molar-refractivity contribution in [3.8, 4) is 0 Å². The molecule has 1 fully saturated rings. The lowest BCUT2D eigenvalue weighted by atomic mass is 9.97. The van der Waals surface area contributed by atoms with Crippen LogP contribution in [0.5, 0.6) is 0 Å². The molecule has 0 bridgehead atoms. The number of aromatic nitrogens is 1. The molecule has 0 radical (unpaired) electrons. The number of nitrogens with zero attached hydrogens (tertiary/aromatic N) is 3. The summed E-state index contributed by atoms with van der Waals surface area (Å²) in [4.78, 5) is 11.4. The molecule has 2 N–H and O–H groups in total. The Morgan fingerprint density at radius 3 is 2.62 bits per heavy atom. The maximum absolute atomic E-state index is 5.75. The summed E-state index contributed by atoms with van der Waals surface area (Å²) in [6.45, 7) is 10.1. The second kappa shape index (κ2) is 10.2. The first-order chi connectivity index (χ1) is 15.5. The predicted molar refractivity (Wildman–Crippen MR) is 131 cm³/mol. The Morgan fingerprint density at radius 1 is 1.16 bits per heavy atom. The maximum Gasteiger partial charge on any atom is 0.208 e. The van der Waals surface area contributed by atoms with Gasteiger partial charge in [-0.05, 0) is 69.0 Å². The zero-order valence-corrected chi connectivity index (χ0v) is 19.7. The normalized spacial score (nSPS) is 16.9.